The molecule has 0 spiro atoms. The summed E-state index contributed by atoms with van der Waals surface area (Å²) >= 11 is 0. The maximum absolute atomic E-state index is 12.4. The Morgan fingerprint density at radius 3 is 2.78 bits per heavy atom. The van der Waals surface area contributed by atoms with Crippen molar-refractivity contribution in [1.82, 2.24) is 5.32 Å². The van der Waals surface area contributed by atoms with Crippen molar-refractivity contribution < 1.29 is 9.53 Å². The van der Waals surface area contributed by atoms with Crippen LogP contribution in [0.1, 0.15) is 37.0 Å². The summed E-state index contributed by atoms with van der Waals surface area (Å²) in [5.41, 5.74) is 3.92. The molecule has 0 radical (unpaired) electrons. The molecular formula is C23H26N2O2. The van der Waals surface area contributed by atoms with E-state index in [4.69, 9.17) is 4.74 Å². The molecule has 4 rings (SSSR count). The molecule has 1 fully saturated rings. The highest BCUT2D eigenvalue weighted by Crippen LogP contribution is 2.52. The van der Waals surface area contributed by atoms with Crippen LogP contribution in [0.5, 0.6) is 5.75 Å². The molecule has 0 unspecified atom stereocenters. The van der Waals surface area contributed by atoms with E-state index in [1.165, 1.54) is 16.8 Å². The normalized spacial score (nSPS) is 23.1. The number of ether oxygens (including phenoxy) is 1. The van der Waals surface area contributed by atoms with Crippen LogP contribution in [-0.4, -0.2) is 25.2 Å². The van der Waals surface area contributed by atoms with Crippen molar-refractivity contribution in [3.05, 3.63) is 65.2 Å². The number of hydrogen-bond donors (Lipinski definition) is 1. The van der Waals surface area contributed by atoms with Gasteiger partial charge in [-0.15, -0.1) is 0 Å². The number of carbonyl (C=O) groups excluding carboxylic acids is 1. The van der Waals surface area contributed by atoms with Crippen molar-refractivity contribution >= 4 is 17.7 Å². The lowest BCUT2D eigenvalue weighted by molar-refractivity contribution is -0.124. The van der Waals surface area contributed by atoms with Gasteiger partial charge < -0.3 is 15.0 Å². The molecule has 1 amide bonds. The lowest BCUT2D eigenvalue weighted by atomic mass is 9.74. The number of amides is 1. The predicted octanol–water partition coefficient (Wildman–Crippen LogP) is 4.03. The summed E-state index contributed by atoms with van der Waals surface area (Å²) < 4.78 is 5.34. The van der Waals surface area contributed by atoms with Gasteiger partial charge in [-0.25, -0.2) is 0 Å². The Hall–Kier alpha value is -2.75. The zero-order chi connectivity index (χ0) is 19.2. The van der Waals surface area contributed by atoms with Crippen molar-refractivity contribution in [2.45, 2.75) is 38.3 Å². The number of hydrogen-bond acceptors (Lipinski definition) is 3. The summed E-state index contributed by atoms with van der Waals surface area (Å²) in [5.74, 6) is 0.919. The molecule has 27 heavy (non-hydrogen) atoms. The maximum atomic E-state index is 12.4. The first-order chi connectivity index (χ1) is 12.9. The Labute approximate surface area is 160 Å². The van der Waals surface area contributed by atoms with E-state index in [0.29, 0.717) is 13.0 Å². The first-order valence-corrected chi connectivity index (χ1v) is 9.40. The molecule has 1 saturated heterocycles. The van der Waals surface area contributed by atoms with Gasteiger partial charge in [0.25, 0.3) is 0 Å². The van der Waals surface area contributed by atoms with Crippen molar-refractivity contribution in [3.63, 3.8) is 0 Å². The molecule has 140 valence electrons. The summed E-state index contributed by atoms with van der Waals surface area (Å²) in [7, 11) is 1.67. The van der Waals surface area contributed by atoms with Gasteiger partial charge >= 0.3 is 0 Å². The first-order valence-electron chi connectivity index (χ1n) is 9.40. The van der Waals surface area contributed by atoms with Crippen molar-refractivity contribution in [2.75, 3.05) is 18.6 Å². The first kappa shape index (κ1) is 17.7. The summed E-state index contributed by atoms with van der Waals surface area (Å²) in [6.45, 7) is 7.26. The van der Waals surface area contributed by atoms with Gasteiger partial charge in [0.15, 0.2) is 0 Å². The number of carbonyl (C=O) groups is 1. The summed E-state index contributed by atoms with van der Waals surface area (Å²) in [6.07, 6.45) is 4.74. The molecule has 2 aliphatic rings. The Morgan fingerprint density at radius 1 is 1.19 bits per heavy atom. The maximum Gasteiger partial charge on any atom is 0.223 e. The van der Waals surface area contributed by atoms with E-state index >= 15 is 0 Å². The van der Waals surface area contributed by atoms with E-state index in [1.807, 2.05) is 24.3 Å². The average molecular weight is 362 g/mol. The molecule has 0 aromatic heterocycles. The number of anilines is 1. The Bertz CT molecular complexity index is 932. The van der Waals surface area contributed by atoms with E-state index in [9.17, 15) is 4.79 Å². The summed E-state index contributed by atoms with van der Waals surface area (Å²) in [4.78, 5) is 14.8. The third-order valence-electron chi connectivity index (χ3n) is 6.00. The number of nitrogens with zero attached hydrogens (tertiary/aromatic N) is 1. The highest BCUT2D eigenvalue weighted by Gasteiger charge is 2.57. The Balaban J connectivity index is 1.83. The SMILES string of the molecule is COc1cccc(/C=C/[C@]23NC(=O)CCN2c2ccc(C)cc2C3(C)C)c1. The zero-order valence-corrected chi connectivity index (χ0v) is 16.4. The lowest BCUT2D eigenvalue weighted by Crippen LogP contribution is -2.68. The van der Waals surface area contributed by atoms with Crippen LogP contribution in [0, 0.1) is 6.92 Å². The van der Waals surface area contributed by atoms with Gasteiger partial charge in [0.2, 0.25) is 5.91 Å². The minimum atomic E-state index is -0.582. The van der Waals surface area contributed by atoms with Crippen molar-refractivity contribution in [3.8, 4) is 5.75 Å². The van der Waals surface area contributed by atoms with E-state index in [1.54, 1.807) is 7.11 Å². The van der Waals surface area contributed by atoms with E-state index in [2.05, 4.69) is 61.3 Å². The average Bonchev–Trinajstić information content (AvgIpc) is 2.84. The minimum absolute atomic E-state index is 0.0964. The van der Waals surface area contributed by atoms with Gasteiger partial charge in [0.1, 0.15) is 11.4 Å². The second-order valence-corrected chi connectivity index (χ2v) is 7.97. The van der Waals surface area contributed by atoms with Gasteiger partial charge in [-0.3, -0.25) is 4.79 Å². The van der Waals surface area contributed by atoms with Gasteiger partial charge in [0, 0.05) is 24.1 Å². The zero-order valence-electron chi connectivity index (χ0n) is 16.4. The molecule has 2 aromatic carbocycles. The highest BCUT2D eigenvalue weighted by atomic mass is 16.5. The summed E-state index contributed by atoms with van der Waals surface area (Å²) in [5, 5.41) is 3.32. The Kier molecular flexibility index (Phi) is 4.02. The van der Waals surface area contributed by atoms with Crippen molar-refractivity contribution in [2.24, 2.45) is 0 Å². The van der Waals surface area contributed by atoms with Crippen LogP contribution in [0.4, 0.5) is 5.69 Å². The fraction of sp³-hybridized carbons (Fsp3) is 0.348. The second kappa shape index (κ2) is 6.15. The number of aryl methyl sites for hydroxylation is 1. The van der Waals surface area contributed by atoms with E-state index in [-0.39, 0.29) is 11.3 Å². The Morgan fingerprint density at radius 2 is 2.00 bits per heavy atom. The molecule has 2 aromatic rings. The standard InChI is InChI=1S/C23H26N2O2/c1-16-8-9-20-19(14-16)22(2,3)23(24-21(26)11-13-25(20)23)12-10-17-6-5-7-18(15-17)27-4/h5-10,12,14-15H,11,13H2,1-4H3,(H,24,26)/b12-10+/t23-/m0/s1. The molecule has 2 heterocycles. The highest BCUT2D eigenvalue weighted by molar-refractivity contribution is 5.84. The fourth-order valence-corrected chi connectivity index (χ4v) is 4.43. The molecule has 1 atom stereocenters. The van der Waals surface area contributed by atoms with Crippen molar-refractivity contribution in [1.29, 1.82) is 0 Å². The number of benzene rings is 2. The largest absolute Gasteiger partial charge is 0.497 e. The predicted molar refractivity (Wildman–Crippen MR) is 109 cm³/mol. The van der Waals surface area contributed by atoms with Gasteiger partial charge in [-0.2, -0.15) is 0 Å². The van der Waals surface area contributed by atoms with Crippen LogP contribution in [0.25, 0.3) is 6.08 Å². The number of nitrogens with one attached hydrogen (secondary N) is 1. The monoisotopic (exact) mass is 362 g/mol. The van der Waals surface area contributed by atoms with E-state index < -0.39 is 5.66 Å². The van der Waals surface area contributed by atoms with Gasteiger partial charge in [-0.05, 0) is 42.3 Å². The third-order valence-corrected chi connectivity index (χ3v) is 6.00. The number of rotatable bonds is 3. The third kappa shape index (κ3) is 2.62. The topological polar surface area (TPSA) is 41.6 Å². The molecule has 4 heteroatoms. The quantitative estimate of drug-likeness (QED) is 0.896. The van der Waals surface area contributed by atoms with Crippen LogP contribution >= 0.6 is 0 Å². The minimum Gasteiger partial charge on any atom is -0.497 e. The molecule has 4 nitrogen and oxygen atoms in total. The van der Waals surface area contributed by atoms with E-state index in [0.717, 1.165) is 11.3 Å². The molecule has 0 aliphatic carbocycles. The smallest absolute Gasteiger partial charge is 0.223 e. The van der Waals surface area contributed by atoms with Crippen LogP contribution in [0.2, 0.25) is 0 Å². The lowest BCUT2D eigenvalue weighted by Gasteiger charge is -2.49. The van der Waals surface area contributed by atoms with Gasteiger partial charge in [-0.1, -0.05) is 49.8 Å². The molecular weight excluding hydrogens is 336 g/mol. The van der Waals surface area contributed by atoms with Gasteiger partial charge in [0.05, 0.1) is 7.11 Å². The number of methoxy groups -OCH3 is 1. The second-order valence-electron chi connectivity index (χ2n) is 7.97. The molecule has 0 bridgehead atoms. The molecule has 1 N–H and O–H groups in total. The number of fused-ring (bicyclic) bond motifs is 3. The van der Waals surface area contributed by atoms with Crippen LogP contribution in [0.3, 0.4) is 0 Å². The fourth-order valence-electron chi connectivity index (χ4n) is 4.43. The molecule has 2 aliphatic heterocycles. The van der Waals surface area contributed by atoms with Crippen LogP contribution < -0.4 is 15.0 Å². The molecule has 0 saturated carbocycles. The van der Waals surface area contributed by atoms with Crippen LogP contribution in [0.15, 0.2) is 48.5 Å². The summed E-state index contributed by atoms with van der Waals surface area (Å²) in [6, 6.07) is 14.5. The van der Waals surface area contributed by atoms with Crippen LogP contribution in [-0.2, 0) is 10.2 Å².